The van der Waals surface area contributed by atoms with Crippen LogP contribution in [0.1, 0.15) is 15.9 Å². The van der Waals surface area contributed by atoms with Crippen molar-refractivity contribution in [3.8, 4) is 11.5 Å². The molecule has 20 heavy (non-hydrogen) atoms. The van der Waals surface area contributed by atoms with Gasteiger partial charge in [0, 0.05) is 12.1 Å². The van der Waals surface area contributed by atoms with E-state index in [9.17, 15) is 14.9 Å². The molecule has 6 heteroatoms. The zero-order valence-corrected chi connectivity index (χ0v) is 10.6. The summed E-state index contributed by atoms with van der Waals surface area (Å²) in [7, 11) is 0. The second-order valence-electron chi connectivity index (χ2n) is 4.16. The van der Waals surface area contributed by atoms with E-state index in [1.54, 1.807) is 12.1 Å². The number of carboxylic acid groups (broad SMARTS) is 1. The molecule has 0 saturated carbocycles. The fraction of sp³-hybridized carbons (Fsp3) is 0.0714. The van der Waals surface area contributed by atoms with Crippen LogP contribution in [0.2, 0.25) is 0 Å². The molecule has 0 heterocycles. The predicted molar refractivity (Wildman–Crippen MR) is 71.3 cm³/mol. The highest BCUT2D eigenvalue weighted by Crippen LogP contribution is 2.28. The van der Waals surface area contributed by atoms with Crippen molar-refractivity contribution < 1.29 is 19.6 Å². The maximum Gasteiger partial charge on any atom is 0.339 e. The lowest BCUT2D eigenvalue weighted by Gasteiger charge is -2.08. The second kappa shape index (κ2) is 5.40. The number of carboxylic acids is 1. The van der Waals surface area contributed by atoms with Gasteiger partial charge in [-0.1, -0.05) is 17.7 Å². The molecule has 2 rings (SSSR count). The number of nitro groups is 1. The fourth-order valence-electron chi connectivity index (χ4n) is 1.62. The van der Waals surface area contributed by atoms with Gasteiger partial charge in [0.05, 0.1) is 4.92 Å². The highest BCUT2D eigenvalue weighted by atomic mass is 16.6. The molecule has 2 aromatic rings. The van der Waals surface area contributed by atoms with Crippen molar-refractivity contribution in [3.63, 3.8) is 0 Å². The molecule has 2 aromatic carbocycles. The number of rotatable bonds is 4. The van der Waals surface area contributed by atoms with Crippen molar-refractivity contribution >= 4 is 11.7 Å². The van der Waals surface area contributed by atoms with Gasteiger partial charge in [0.1, 0.15) is 17.1 Å². The summed E-state index contributed by atoms with van der Waals surface area (Å²) in [5.74, 6) is -0.755. The zero-order chi connectivity index (χ0) is 14.7. The monoisotopic (exact) mass is 273 g/mol. The summed E-state index contributed by atoms with van der Waals surface area (Å²) in [6, 6.07) is 10.5. The summed E-state index contributed by atoms with van der Waals surface area (Å²) in [4.78, 5) is 21.1. The van der Waals surface area contributed by atoms with Crippen LogP contribution in [0.25, 0.3) is 0 Å². The number of ether oxygens (including phenoxy) is 1. The van der Waals surface area contributed by atoms with Crippen molar-refractivity contribution in [2.24, 2.45) is 0 Å². The molecule has 0 atom stereocenters. The Bertz CT molecular complexity index is 664. The van der Waals surface area contributed by atoms with Crippen LogP contribution >= 0.6 is 0 Å². The Kier molecular flexibility index (Phi) is 3.65. The average molecular weight is 273 g/mol. The third kappa shape index (κ3) is 2.92. The smallest absolute Gasteiger partial charge is 0.339 e. The first kappa shape index (κ1) is 13.5. The highest BCUT2D eigenvalue weighted by molar-refractivity contribution is 5.91. The zero-order valence-electron chi connectivity index (χ0n) is 10.6. The van der Waals surface area contributed by atoms with Crippen LogP contribution < -0.4 is 4.74 Å². The fourth-order valence-corrected chi connectivity index (χ4v) is 1.62. The minimum atomic E-state index is -1.28. The van der Waals surface area contributed by atoms with Gasteiger partial charge in [0.25, 0.3) is 5.69 Å². The van der Waals surface area contributed by atoms with E-state index >= 15 is 0 Å². The Hall–Kier alpha value is -2.89. The van der Waals surface area contributed by atoms with Gasteiger partial charge in [-0.15, -0.1) is 0 Å². The number of nitro benzene ring substituents is 1. The SMILES string of the molecule is Cc1ccc(Oc2ccc([N+](=O)[O-])cc2C(=O)O)cc1. The Morgan fingerprint density at radius 1 is 1.20 bits per heavy atom. The van der Waals surface area contributed by atoms with E-state index in [-0.39, 0.29) is 17.0 Å². The molecule has 0 bridgehead atoms. The summed E-state index contributed by atoms with van der Waals surface area (Å²) >= 11 is 0. The van der Waals surface area contributed by atoms with Gasteiger partial charge in [-0.2, -0.15) is 0 Å². The van der Waals surface area contributed by atoms with E-state index in [0.29, 0.717) is 5.75 Å². The molecule has 0 aromatic heterocycles. The van der Waals surface area contributed by atoms with E-state index < -0.39 is 10.9 Å². The van der Waals surface area contributed by atoms with Crippen LogP contribution in [0.4, 0.5) is 5.69 Å². The van der Waals surface area contributed by atoms with E-state index in [1.807, 2.05) is 19.1 Å². The minimum Gasteiger partial charge on any atom is -0.478 e. The van der Waals surface area contributed by atoms with Crippen LogP contribution in [0, 0.1) is 17.0 Å². The van der Waals surface area contributed by atoms with Crippen LogP contribution in [0.5, 0.6) is 11.5 Å². The van der Waals surface area contributed by atoms with Gasteiger partial charge in [0.15, 0.2) is 0 Å². The molecule has 102 valence electrons. The molecule has 0 aliphatic heterocycles. The van der Waals surface area contributed by atoms with Crippen LogP contribution in [-0.2, 0) is 0 Å². The summed E-state index contributed by atoms with van der Waals surface area (Å²) in [6.07, 6.45) is 0. The van der Waals surface area contributed by atoms with Gasteiger partial charge in [-0.05, 0) is 25.1 Å². The molecule has 0 fully saturated rings. The number of aryl methyl sites for hydroxylation is 1. The molecule has 0 radical (unpaired) electrons. The van der Waals surface area contributed by atoms with Gasteiger partial charge in [-0.3, -0.25) is 10.1 Å². The number of hydrogen-bond donors (Lipinski definition) is 1. The number of carbonyl (C=O) groups is 1. The first-order chi connectivity index (χ1) is 9.47. The summed E-state index contributed by atoms with van der Waals surface area (Å²) in [6.45, 7) is 1.92. The van der Waals surface area contributed by atoms with E-state index in [4.69, 9.17) is 9.84 Å². The molecule has 1 N–H and O–H groups in total. The summed E-state index contributed by atoms with van der Waals surface area (Å²) in [5, 5.41) is 19.7. The van der Waals surface area contributed by atoms with Crippen molar-refractivity contribution in [3.05, 3.63) is 63.7 Å². The summed E-state index contributed by atoms with van der Waals surface area (Å²) in [5.41, 5.74) is 0.498. The Morgan fingerprint density at radius 3 is 2.40 bits per heavy atom. The number of hydrogen-bond acceptors (Lipinski definition) is 4. The van der Waals surface area contributed by atoms with Crippen molar-refractivity contribution in [1.82, 2.24) is 0 Å². The Balaban J connectivity index is 2.38. The largest absolute Gasteiger partial charge is 0.478 e. The van der Waals surface area contributed by atoms with Crippen molar-refractivity contribution in [1.29, 1.82) is 0 Å². The predicted octanol–water partition coefficient (Wildman–Crippen LogP) is 3.39. The van der Waals surface area contributed by atoms with Gasteiger partial charge >= 0.3 is 5.97 Å². The van der Waals surface area contributed by atoms with Crippen LogP contribution in [-0.4, -0.2) is 16.0 Å². The molecule has 0 aliphatic carbocycles. The minimum absolute atomic E-state index is 0.0620. The molecule has 0 amide bonds. The van der Waals surface area contributed by atoms with Crippen LogP contribution in [0.15, 0.2) is 42.5 Å². The number of non-ortho nitro benzene ring substituents is 1. The molecular formula is C14H11NO5. The van der Waals surface area contributed by atoms with Gasteiger partial charge < -0.3 is 9.84 Å². The van der Waals surface area contributed by atoms with E-state index in [1.165, 1.54) is 12.1 Å². The molecule has 0 spiro atoms. The number of nitrogens with zero attached hydrogens (tertiary/aromatic N) is 1. The molecule has 0 saturated heterocycles. The van der Waals surface area contributed by atoms with Crippen molar-refractivity contribution in [2.75, 3.05) is 0 Å². The topological polar surface area (TPSA) is 89.7 Å². The third-order valence-electron chi connectivity index (χ3n) is 2.65. The highest BCUT2D eigenvalue weighted by Gasteiger charge is 2.17. The first-order valence-electron chi connectivity index (χ1n) is 5.73. The lowest BCUT2D eigenvalue weighted by atomic mass is 10.1. The lowest BCUT2D eigenvalue weighted by molar-refractivity contribution is -0.384. The van der Waals surface area contributed by atoms with Gasteiger partial charge in [-0.25, -0.2) is 4.79 Å². The maximum atomic E-state index is 11.1. The third-order valence-corrected chi connectivity index (χ3v) is 2.65. The maximum absolute atomic E-state index is 11.1. The molecular weight excluding hydrogens is 262 g/mol. The molecule has 0 unspecified atom stereocenters. The first-order valence-corrected chi connectivity index (χ1v) is 5.73. The molecule has 0 aliphatic rings. The second-order valence-corrected chi connectivity index (χ2v) is 4.16. The standard InChI is InChI=1S/C14H11NO5/c1-9-2-5-11(6-3-9)20-13-7-4-10(15(18)19)8-12(13)14(16)17/h2-8H,1H3,(H,16,17). The van der Waals surface area contributed by atoms with Crippen molar-refractivity contribution in [2.45, 2.75) is 6.92 Å². The van der Waals surface area contributed by atoms with Crippen LogP contribution in [0.3, 0.4) is 0 Å². The van der Waals surface area contributed by atoms with E-state index in [0.717, 1.165) is 11.6 Å². The Morgan fingerprint density at radius 2 is 1.85 bits per heavy atom. The number of benzene rings is 2. The average Bonchev–Trinajstić information content (AvgIpc) is 2.41. The molecule has 6 nitrogen and oxygen atoms in total. The number of aromatic carboxylic acids is 1. The van der Waals surface area contributed by atoms with Gasteiger partial charge in [0.2, 0.25) is 0 Å². The Labute approximate surface area is 114 Å². The quantitative estimate of drug-likeness (QED) is 0.681. The summed E-state index contributed by atoms with van der Waals surface area (Å²) < 4.78 is 5.46. The lowest BCUT2D eigenvalue weighted by Crippen LogP contribution is -2.01. The normalized spacial score (nSPS) is 10.1. The van der Waals surface area contributed by atoms with E-state index in [2.05, 4.69) is 0 Å².